The summed E-state index contributed by atoms with van der Waals surface area (Å²) in [5.41, 5.74) is -2.99. The van der Waals surface area contributed by atoms with Crippen molar-refractivity contribution in [3.05, 3.63) is 47.8 Å². The largest absolute Gasteiger partial charge is 0.459 e. The molecule has 0 amide bonds. The van der Waals surface area contributed by atoms with Crippen LogP contribution in [-0.2, 0) is 39.6 Å². The third-order valence-electron chi connectivity index (χ3n) is 15.8. The number of likely N-dealkylation sites (N-methyl/N-ethyl adjacent to an activating group) is 2. The van der Waals surface area contributed by atoms with E-state index >= 15 is 0 Å². The summed E-state index contributed by atoms with van der Waals surface area (Å²) >= 11 is 0. The van der Waals surface area contributed by atoms with Crippen LogP contribution in [0, 0.1) is 17.8 Å². The van der Waals surface area contributed by atoms with Gasteiger partial charge < -0.3 is 68.9 Å². The lowest BCUT2D eigenvalue weighted by molar-refractivity contribution is -0.318. The van der Waals surface area contributed by atoms with Crippen molar-refractivity contribution in [2.24, 2.45) is 17.8 Å². The topological polar surface area (TPSA) is 231 Å². The van der Waals surface area contributed by atoms with E-state index in [0.29, 0.717) is 25.9 Å². The quantitative estimate of drug-likeness (QED) is 0.148. The van der Waals surface area contributed by atoms with Crippen LogP contribution in [-0.4, -0.2) is 186 Å². The van der Waals surface area contributed by atoms with E-state index in [9.17, 15) is 35.4 Å². The molecule has 6 N–H and O–H groups in total. The van der Waals surface area contributed by atoms with Gasteiger partial charge in [0, 0.05) is 57.2 Å². The summed E-state index contributed by atoms with van der Waals surface area (Å²) < 4.78 is 40.1. The molecular formula is C51H87N5O13. The second kappa shape index (κ2) is 23.9. The number of aromatic nitrogens is 3. The highest BCUT2D eigenvalue weighted by Crippen LogP contribution is 2.41. The summed E-state index contributed by atoms with van der Waals surface area (Å²) in [5.74, 6) is -2.78. The first-order valence-electron chi connectivity index (χ1n) is 25.2. The fourth-order valence-electron chi connectivity index (χ4n) is 11.1. The molecule has 69 heavy (non-hydrogen) atoms. The van der Waals surface area contributed by atoms with Crippen LogP contribution in [0.1, 0.15) is 132 Å². The molecule has 20 atom stereocenters. The van der Waals surface area contributed by atoms with Gasteiger partial charge in [-0.25, -0.2) is 4.68 Å². The summed E-state index contributed by atoms with van der Waals surface area (Å²) in [6, 6.07) is 8.05. The summed E-state index contributed by atoms with van der Waals surface area (Å²) in [4.78, 5) is 18.6. The van der Waals surface area contributed by atoms with Crippen molar-refractivity contribution in [2.45, 2.75) is 217 Å². The molecule has 3 fully saturated rings. The van der Waals surface area contributed by atoms with Crippen molar-refractivity contribution in [2.75, 3.05) is 34.3 Å². The second-order valence-electron chi connectivity index (χ2n) is 21.3. The number of hydrogen-bond donors (Lipinski definition) is 6. The van der Waals surface area contributed by atoms with Gasteiger partial charge in [0.25, 0.3) is 0 Å². The van der Waals surface area contributed by atoms with Gasteiger partial charge >= 0.3 is 5.97 Å². The Balaban J connectivity index is 1.47. The Bertz CT molecular complexity index is 1900. The molecule has 0 spiro atoms. The van der Waals surface area contributed by atoms with E-state index in [4.69, 9.17) is 28.4 Å². The number of aliphatic hydroxyl groups is 6. The van der Waals surface area contributed by atoms with Crippen molar-refractivity contribution in [3.63, 3.8) is 0 Å². The molecule has 0 saturated carbocycles. The fraction of sp³-hybridized carbons (Fsp3) is 0.824. The van der Waals surface area contributed by atoms with E-state index in [2.05, 4.69) is 10.3 Å². The Morgan fingerprint density at radius 2 is 1.64 bits per heavy atom. The summed E-state index contributed by atoms with van der Waals surface area (Å²) in [6.07, 6.45) is -7.39. The number of hydrogen-bond acceptors (Lipinski definition) is 17. The molecule has 3 aliphatic heterocycles. The monoisotopic (exact) mass is 978 g/mol. The van der Waals surface area contributed by atoms with Gasteiger partial charge in [0.05, 0.1) is 53.3 Å². The molecule has 4 heterocycles. The number of carbonyl (C=O) groups is 1. The Kier molecular flexibility index (Phi) is 19.8. The van der Waals surface area contributed by atoms with Crippen molar-refractivity contribution < 1.29 is 63.9 Å². The van der Waals surface area contributed by atoms with E-state index in [-0.39, 0.29) is 43.7 Å². The highest BCUT2D eigenvalue weighted by atomic mass is 16.7. The van der Waals surface area contributed by atoms with Crippen LogP contribution >= 0.6 is 0 Å². The average molecular weight is 978 g/mol. The SMILES string of the molecule is CC[C@H]1OC(=O)[C@H](C)[C@@H](O[C@H]2C[C@@](C)(OC)[C@@H](O)[C@H](C)O2)[C@H](C)[C@@H](O[C@@H]2O[C@H](C)C[C@H](N(C)CCc3cn([C@H](C)[C@H](O)c4ccccc4)nn3)[C@H]2O)[C@](C)(O)C[C@@H](C)CN(C)[C@H](C)[C@@H](O)[C@@]1(O)CC. The maximum atomic E-state index is 14.6. The maximum Gasteiger partial charge on any atom is 0.311 e. The van der Waals surface area contributed by atoms with Crippen LogP contribution < -0.4 is 0 Å². The zero-order valence-electron chi connectivity index (χ0n) is 43.7. The number of methoxy groups -OCH3 is 1. The predicted molar refractivity (Wildman–Crippen MR) is 258 cm³/mol. The summed E-state index contributed by atoms with van der Waals surface area (Å²) in [5, 5.41) is 79.9. The van der Waals surface area contributed by atoms with Crippen molar-refractivity contribution >= 4 is 5.97 Å². The smallest absolute Gasteiger partial charge is 0.311 e. The highest BCUT2D eigenvalue weighted by molar-refractivity contribution is 5.73. The summed E-state index contributed by atoms with van der Waals surface area (Å²) in [6.45, 7) is 20.7. The molecule has 0 bridgehead atoms. The third kappa shape index (κ3) is 13.1. The third-order valence-corrected chi connectivity index (χ3v) is 15.8. The van der Waals surface area contributed by atoms with E-state index in [1.54, 1.807) is 46.2 Å². The van der Waals surface area contributed by atoms with Crippen LogP contribution in [0.25, 0.3) is 0 Å². The van der Waals surface area contributed by atoms with Crippen molar-refractivity contribution in [3.8, 4) is 0 Å². The lowest BCUT2D eigenvalue weighted by atomic mass is 9.77. The second-order valence-corrected chi connectivity index (χ2v) is 21.3. The minimum Gasteiger partial charge on any atom is -0.459 e. The van der Waals surface area contributed by atoms with Gasteiger partial charge in [0.15, 0.2) is 12.6 Å². The Morgan fingerprint density at radius 3 is 2.26 bits per heavy atom. The minimum absolute atomic E-state index is 0.101. The van der Waals surface area contributed by atoms with Gasteiger partial charge in [-0.15, -0.1) is 5.10 Å². The molecule has 1 aromatic heterocycles. The number of cyclic esters (lactones) is 1. The first-order valence-corrected chi connectivity index (χ1v) is 25.2. The minimum atomic E-state index is -1.79. The Morgan fingerprint density at radius 1 is 0.971 bits per heavy atom. The number of carbonyl (C=O) groups excluding carboxylic acids is 1. The first kappa shape index (κ1) is 57.2. The fourth-order valence-corrected chi connectivity index (χ4v) is 11.1. The molecule has 0 radical (unpaired) electrons. The number of aliphatic hydroxyl groups excluding tert-OH is 4. The standard InChI is InChI=1S/C51H87N5O13/c1-15-39-51(63,16-2)44(59)34(8)55(13)27-29(3)25-49(10,62)46(31(5)43(32(6)47(61)67-39)68-40-26-50(11,64-14)45(60)35(9)66-40)69-48-42(58)38(24-30(4)65-48)54(12)23-22-37-28-56(53-52-37)33(7)41(57)36-20-18-17-19-21-36/h17-21,28-35,38-46,48,57-60,62-63H,15-16,22-27H2,1-14H3/t29-,30-,31+,32-,33-,34-,35+,38+,39-,40+,41+,42-,43+,44-,45+,46-,48+,49-,50-,51-/m1/s1. The zero-order valence-corrected chi connectivity index (χ0v) is 43.7. The van der Waals surface area contributed by atoms with Crippen LogP contribution in [0.3, 0.4) is 0 Å². The molecule has 3 aliphatic rings. The molecular weight excluding hydrogens is 891 g/mol. The number of esters is 1. The number of benzene rings is 1. The van der Waals surface area contributed by atoms with Crippen LogP contribution in [0.5, 0.6) is 0 Å². The van der Waals surface area contributed by atoms with E-state index in [1.807, 2.05) is 95.0 Å². The molecule has 1 aromatic carbocycles. The van der Waals surface area contributed by atoms with E-state index in [1.165, 1.54) is 7.11 Å². The summed E-state index contributed by atoms with van der Waals surface area (Å²) in [7, 11) is 5.28. The van der Waals surface area contributed by atoms with Gasteiger partial charge in [-0.3, -0.25) is 4.79 Å². The lowest BCUT2D eigenvalue weighted by Gasteiger charge is -2.49. The van der Waals surface area contributed by atoms with Gasteiger partial charge in [-0.1, -0.05) is 63.2 Å². The molecule has 2 aromatic rings. The number of nitrogens with zero attached hydrogens (tertiary/aromatic N) is 5. The van der Waals surface area contributed by atoms with Crippen LogP contribution in [0.4, 0.5) is 0 Å². The highest BCUT2D eigenvalue weighted by Gasteiger charge is 2.53. The van der Waals surface area contributed by atoms with Crippen molar-refractivity contribution in [1.82, 2.24) is 24.8 Å². The molecule has 0 unspecified atom stereocenters. The van der Waals surface area contributed by atoms with Gasteiger partial charge in [-0.05, 0) is 99.7 Å². The molecule has 5 rings (SSSR count). The number of rotatable bonds is 14. The Hall–Kier alpha value is -2.69. The number of ether oxygens (including phenoxy) is 6. The molecule has 3 saturated heterocycles. The van der Waals surface area contributed by atoms with Crippen LogP contribution in [0.2, 0.25) is 0 Å². The first-order chi connectivity index (χ1) is 32.3. The zero-order chi connectivity index (χ0) is 51.3. The van der Waals surface area contributed by atoms with Gasteiger partial charge in [0.1, 0.15) is 36.1 Å². The Labute approximate surface area is 410 Å². The molecule has 0 aliphatic carbocycles. The van der Waals surface area contributed by atoms with E-state index in [0.717, 1.165) is 11.3 Å². The van der Waals surface area contributed by atoms with E-state index < -0.39 is 108 Å². The predicted octanol–water partition coefficient (Wildman–Crippen LogP) is 3.79. The normalized spacial score (nSPS) is 41.2. The van der Waals surface area contributed by atoms with Crippen molar-refractivity contribution in [1.29, 1.82) is 0 Å². The van der Waals surface area contributed by atoms with Gasteiger partial charge in [0.2, 0.25) is 0 Å². The molecule has 18 nitrogen and oxygen atoms in total. The average Bonchev–Trinajstić information content (AvgIpc) is 3.80. The maximum absolute atomic E-state index is 14.6. The lowest BCUT2D eigenvalue weighted by Crippen LogP contribution is -2.61. The van der Waals surface area contributed by atoms with Crippen LogP contribution in [0.15, 0.2) is 36.5 Å². The van der Waals surface area contributed by atoms with Gasteiger partial charge in [-0.2, -0.15) is 0 Å². The molecule has 18 heteroatoms. The molecule has 394 valence electrons.